The van der Waals surface area contributed by atoms with Crippen LogP contribution in [-0.2, 0) is 14.3 Å². The van der Waals surface area contributed by atoms with Gasteiger partial charge < -0.3 is 10.5 Å². The molecule has 0 radical (unpaired) electrons. The van der Waals surface area contributed by atoms with Gasteiger partial charge >= 0.3 is 5.97 Å². The van der Waals surface area contributed by atoms with Crippen LogP contribution in [0.1, 0.15) is 111 Å². The monoisotopic (exact) mass is 407 g/mol. The summed E-state index contributed by atoms with van der Waals surface area (Å²) in [6.45, 7) is 9.60. The molecule has 1 amide bonds. The lowest BCUT2D eigenvalue weighted by atomic mass is 9.80. The number of ether oxygens (including phenoxy) is 1. The van der Waals surface area contributed by atoms with Gasteiger partial charge in [0.2, 0.25) is 0 Å². The Kier molecular flexibility index (Phi) is 16.4. The summed E-state index contributed by atoms with van der Waals surface area (Å²) in [6.07, 6.45) is 21.3. The topological polar surface area (TPSA) is 69.4 Å². The largest absolute Gasteiger partial charge is 0.446 e. The van der Waals surface area contributed by atoms with Crippen LogP contribution in [0.15, 0.2) is 24.8 Å². The molecule has 0 aromatic rings. The molecular formula is C25H45NO3. The Hall–Kier alpha value is -1.58. The summed E-state index contributed by atoms with van der Waals surface area (Å²) in [5.41, 5.74) is 4.42. The molecule has 0 fully saturated rings. The van der Waals surface area contributed by atoms with Crippen molar-refractivity contribution in [1.29, 1.82) is 0 Å². The lowest BCUT2D eigenvalue weighted by Crippen LogP contribution is -2.52. The summed E-state index contributed by atoms with van der Waals surface area (Å²) in [7, 11) is 0. The first-order valence-electron chi connectivity index (χ1n) is 11.7. The van der Waals surface area contributed by atoms with E-state index in [2.05, 4.69) is 25.7 Å². The number of esters is 1. The Bertz CT molecular complexity index is 486. The van der Waals surface area contributed by atoms with Crippen molar-refractivity contribution >= 4 is 11.9 Å². The van der Waals surface area contributed by atoms with Gasteiger partial charge in [0, 0.05) is 12.0 Å². The average molecular weight is 408 g/mol. The standard InChI is InChI=1S/C25H45NO3/c1-5-8-9-10-11-12-13-14-15-16-17-18-19-20-22(4)25(21-6-2,24(26)28)29-23(27)7-3/h7,14-15,22H,3,5-6,8-13,16-21H2,1-2,4H3,(H2,26,28)/b15-14-. The van der Waals surface area contributed by atoms with Crippen molar-refractivity contribution in [2.45, 2.75) is 116 Å². The van der Waals surface area contributed by atoms with Crippen molar-refractivity contribution in [3.8, 4) is 0 Å². The van der Waals surface area contributed by atoms with Gasteiger partial charge in [0.15, 0.2) is 5.60 Å². The Morgan fingerprint density at radius 2 is 1.48 bits per heavy atom. The van der Waals surface area contributed by atoms with Crippen LogP contribution in [0.4, 0.5) is 0 Å². The maximum atomic E-state index is 12.1. The highest BCUT2D eigenvalue weighted by Crippen LogP contribution is 2.32. The predicted molar refractivity (Wildman–Crippen MR) is 123 cm³/mol. The number of carbonyl (C=O) groups excluding carboxylic acids is 2. The van der Waals surface area contributed by atoms with Crippen LogP contribution in [0, 0.1) is 5.92 Å². The highest BCUT2D eigenvalue weighted by atomic mass is 16.6. The normalized spacial score (nSPS) is 14.4. The van der Waals surface area contributed by atoms with Crippen LogP contribution in [-0.4, -0.2) is 17.5 Å². The Morgan fingerprint density at radius 3 is 2.00 bits per heavy atom. The number of allylic oxidation sites excluding steroid dienone is 2. The van der Waals surface area contributed by atoms with Crippen LogP contribution >= 0.6 is 0 Å². The van der Waals surface area contributed by atoms with Gasteiger partial charge in [-0.05, 0) is 38.5 Å². The second-order valence-corrected chi connectivity index (χ2v) is 8.20. The third-order valence-corrected chi connectivity index (χ3v) is 5.68. The summed E-state index contributed by atoms with van der Waals surface area (Å²) in [4.78, 5) is 23.9. The smallest absolute Gasteiger partial charge is 0.331 e. The van der Waals surface area contributed by atoms with Crippen molar-refractivity contribution in [2.75, 3.05) is 0 Å². The van der Waals surface area contributed by atoms with E-state index in [1.54, 1.807) is 0 Å². The molecule has 0 aromatic carbocycles. The van der Waals surface area contributed by atoms with E-state index in [9.17, 15) is 9.59 Å². The molecule has 0 heterocycles. The number of amides is 1. The minimum Gasteiger partial charge on any atom is -0.446 e. The molecule has 0 spiro atoms. The predicted octanol–water partition coefficient (Wildman–Crippen LogP) is 6.63. The van der Waals surface area contributed by atoms with E-state index >= 15 is 0 Å². The number of rotatable bonds is 19. The van der Waals surface area contributed by atoms with Crippen molar-refractivity contribution in [3.63, 3.8) is 0 Å². The van der Waals surface area contributed by atoms with E-state index in [-0.39, 0.29) is 5.92 Å². The van der Waals surface area contributed by atoms with Gasteiger partial charge in [0.1, 0.15) is 0 Å². The summed E-state index contributed by atoms with van der Waals surface area (Å²) < 4.78 is 5.47. The van der Waals surface area contributed by atoms with Gasteiger partial charge in [0.25, 0.3) is 5.91 Å². The Labute approximate surface area is 179 Å². The highest BCUT2D eigenvalue weighted by Gasteiger charge is 2.44. The lowest BCUT2D eigenvalue weighted by Gasteiger charge is -2.35. The summed E-state index contributed by atoms with van der Waals surface area (Å²) in [5.74, 6) is -1.24. The molecule has 29 heavy (non-hydrogen) atoms. The molecule has 2 atom stereocenters. The number of hydrogen-bond acceptors (Lipinski definition) is 3. The van der Waals surface area contributed by atoms with Gasteiger partial charge in [-0.2, -0.15) is 0 Å². The minimum atomic E-state index is -1.23. The molecule has 2 unspecified atom stereocenters. The zero-order valence-corrected chi connectivity index (χ0v) is 19.2. The molecule has 0 aliphatic rings. The average Bonchev–Trinajstić information content (AvgIpc) is 2.70. The van der Waals surface area contributed by atoms with Crippen LogP contribution in [0.3, 0.4) is 0 Å². The van der Waals surface area contributed by atoms with Crippen molar-refractivity contribution in [3.05, 3.63) is 24.8 Å². The molecule has 168 valence electrons. The quantitative estimate of drug-likeness (QED) is 0.113. The van der Waals surface area contributed by atoms with E-state index in [0.29, 0.717) is 6.42 Å². The number of carbonyl (C=O) groups is 2. The highest BCUT2D eigenvalue weighted by molar-refractivity contribution is 5.89. The Morgan fingerprint density at radius 1 is 0.931 bits per heavy atom. The molecule has 0 aliphatic heterocycles. The second-order valence-electron chi connectivity index (χ2n) is 8.20. The van der Waals surface area contributed by atoms with Gasteiger partial charge in [0.05, 0.1) is 0 Å². The second kappa shape index (κ2) is 17.3. The minimum absolute atomic E-state index is 0.105. The maximum Gasteiger partial charge on any atom is 0.331 e. The third kappa shape index (κ3) is 11.9. The lowest BCUT2D eigenvalue weighted by molar-refractivity contribution is -0.170. The molecule has 0 aliphatic carbocycles. The fourth-order valence-corrected chi connectivity index (χ4v) is 3.81. The van der Waals surface area contributed by atoms with Crippen LogP contribution in [0.5, 0.6) is 0 Å². The van der Waals surface area contributed by atoms with Gasteiger partial charge in [-0.25, -0.2) is 4.79 Å². The molecule has 0 saturated carbocycles. The molecule has 4 heteroatoms. The molecule has 2 N–H and O–H groups in total. The van der Waals surface area contributed by atoms with E-state index in [1.165, 1.54) is 44.9 Å². The summed E-state index contributed by atoms with van der Waals surface area (Å²) in [6, 6.07) is 0. The number of unbranched alkanes of at least 4 members (excludes halogenated alkanes) is 9. The first-order valence-corrected chi connectivity index (χ1v) is 11.7. The van der Waals surface area contributed by atoms with Gasteiger partial charge in [-0.1, -0.05) is 90.9 Å². The first kappa shape index (κ1) is 27.4. The zero-order chi connectivity index (χ0) is 22.0. The van der Waals surface area contributed by atoms with E-state index in [1.807, 2.05) is 13.8 Å². The van der Waals surface area contributed by atoms with E-state index in [0.717, 1.165) is 44.6 Å². The van der Waals surface area contributed by atoms with Crippen molar-refractivity contribution in [1.82, 2.24) is 0 Å². The SMILES string of the molecule is C=CC(=O)OC(CCC)(C(N)=O)C(C)CCCCC/C=C\CCCCCCCC. The van der Waals surface area contributed by atoms with Crippen LogP contribution in [0.2, 0.25) is 0 Å². The molecule has 0 saturated heterocycles. The molecule has 0 bridgehead atoms. The molecule has 0 aromatic heterocycles. The molecule has 0 rings (SSSR count). The molecular weight excluding hydrogens is 362 g/mol. The third-order valence-electron chi connectivity index (χ3n) is 5.68. The van der Waals surface area contributed by atoms with Crippen LogP contribution in [0.25, 0.3) is 0 Å². The number of primary amides is 1. The number of hydrogen-bond donors (Lipinski definition) is 1. The Balaban J connectivity index is 4.13. The fraction of sp³-hybridized carbons (Fsp3) is 0.760. The fourth-order valence-electron chi connectivity index (χ4n) is 3.81. The maximum absolute atomic E-state index is 12.1. The van der Waals surface area contributed by atoms with Crippen molar-refractivity contribution in [2.24, 2.45) is 11.7 Å². The van der Waals surface area contributed by atoms with Gasteiger partial charge in [-0.3, -0.25) is 4.79 Å². The van der Waals surface area contributed by atoms with E-state index < -0.39 is 17.5 Å². The molecule has 4 nitrogen and oxygen atoms in total. The van der Waals surface area contributed by atoms with Crippen molar-refractivity contribution < 1.29 is 14.3 Å². The summed E-state index contributed by atoms with van der Waals surface area (Å²) in [5, 5.41) is 0. The van der Waals surface area contributed by atoms with Gasteiger partial charge in [-0.15, -0.1) is 0 Å². The summed E-state index contributed by atoms with van der Waals surface area (Å²) >= 11 is 0. The number of nitrogens with two attached hydrogens (primary N) is 1. The first-order chi connectivity index (χ1) is 13.9. The van der Waals surface area contributed by atoms with Crippen LogP contribution < -0.4 is 5.73 Å². The zero-order valence-electron chi connectivity index (χ0n) is 19.2. The van der Waals surface area contributed by atoms with E-state index in [4.69, 9.17) is 10.5 Å².